The zero-order valence-corrected chi connectivity index (χ0v) is 16.5. The lowest BCUT2D eigenvalue weighted by Gasteiger charge is -2.39. The lowest BCUT2D eigenvalue weighted by molar-refractivity contribution is 0.0453. The monoisotopic (exact) mass is 395 g/mol. The van der Waals surface area contributed by atoms with Gasteiger partial charge in [0.05, 0.1) is 17.8 Å². The van der Waals surface area contributed by atoms with Crippen molar-refractivity contribution < 1.29 is 4.79 Å². The summed E-state index contributed by atoms with van der Waals surface area (Å²) in [5.41, 5.74) is 3.53. The molecule has 1 aromatic carbocycles. The molecule has 0 saturated carbocycles. The molecule has 0 N–H and O–H groups in total. The third-order valence-electron chi connectivity index (χ3n) is 5.54. The number of rotatable bonds is 3. The van der Waals surface area contributed by atoms with Gasteiger partial charge in [0.1, 0.15) is 0 Å². The highest BCUT2D eigenvalue weighted by Crippen LogP contribution is 2.25. The molecule has 7 nitrogen and oxygen atoms in total. The standard InChI is InChI=1S/C20H21N5O2S/c1-23-17-5-3-2-4-15(17)19(22-23)20(27)24-9-13(10-24)11-25-18(26)8-14-12-28-7-6-16(14)21-25/h2-5,8,13H,6-7,9-12H2,1H3. The van der Waals surface area contributed by atoms with Crippen molar-refractivity contribution in [2.75, 3.05) is 18.8 Å². The highest BCUT2D eigenvalue weighted by molar-refractivity contribution is 7.98. The maximum absolute atomic E-state index is 12.9. The van der Waals surface area contributed by atoms with Gasteiger partial charge >= 0.3 is 0 Å². The number of carbonyl (C=O) groups excluding carboxylic acids is 1. The molecule has 0 bridgehead atoms. The SMILES string of the molecule is Cn1nc(C(=O)N2CC(Cn3nc4c(cc3=O)CSCC4)C2)c2ccccc21. The van der Waals surface area contributed by atoms with Crippen molar-refractivity contribution in [1.82, 2.24) is 24.5 Å². The van der Waals surface area contributed by atoms with Crippen LogP contribution < -0.4 is 5.56 Å². The second-order valence-electron chi connectivity index (χ2n) is 7.50. The number of aryl methyl sites for hydroxylation is 2. The Kier molecular flexibility index (Phi) is 4.23. The van der Waals surface area contributed by atoms with E-state index in [9.17, 15) is 9.59 Å². The van der Waals surface area contributed by atoms with Crippen molar-refractivity contribution in [3.63, 3.8) is 0 Å². The summed E-state index contributed by atoms with van der Waals surface area (Å²) in [7, 11) is 1.85. The van der Waals surface area contributed by atoms with Crippen molar-refractivity contribution >= 4 is 28.6 Å². The van der Waals surface area contributed by atoms with E-state index in [1.54, 1.807) is 20.3 Å². The Labute approximate surface area is 166 Å². The van der Waals surface area contributed by atoms with Crippen LogP contribution in [0.1, 0.15) is 21.7 Å². The number of likely N-dealkylation sites (tertiary alicyclic amines) is 1. The minimum atomic E-state index is -0.0455. The van der Waals surface area contributed by atoms with Crippen molar-refractivity contribution in [1.29, 1.82) is 0 Å². The van der Waals surface area contributed by atoms with Gasteiger partial charge in [0.25, 0.3) is 11.5 Å². The molecule has 0 spiro atoms. The summed E-state index contributed by atoms with van der Waals surface area (Å²) in [4.78, 5) is 27.0. The van der Waals surface area contributed by atoms with E-state index in [0.29, 0.717) is 25.3 Å². The third-order valence-corrected chi connectivity index (χ3v) is 6.55. The molecule has 3 aromatic rings. The Hall–Kier alpha value is -2.61. The van der Waals surface area contributed by atoms with E-state index in [0.717, 1.165) is 40.1 Å². The molecular weight excluding hydrogens is 374 g/mol. The number of fused-ring (bicyclic) bond motifs is 2. The normalized spacial score (nSPS) is 16.8. The van der Waals surface area contributed by atoms with Crippen LogP contribution in [-0.2, 0) is 25.8 Å². The molecule has 0 unspecified atom stereocenters. The largest absolute Gasteiger partial charge is 0.336 e. The number of para-hydroxylation sites is 1. The number of aromatic nitrogens is 4. The predicted octanol–water partition coefficient (Wildman–Crippen LogP) is 1.69. The van der Waals surface area contributed by atoms with Gasteiger partial charge in [0, 0.05) is 49.7 Å². The van der Waals surface area contributed by atoms with Gasteiger partial charge in [0.15, 0.2) is 5.69 Å². The molecular formula is C20H21N5O2S. The van der Waals surface area contributed by atoms with Gasteiger partial charge in [-0.1, -0.05) is 18.2 Å². The number of hydrogen-bond donors (Lipinski definition) is 0. The molecule has 0 atom stereocenters. The Balaban J connectivity index is 1.29. The number of benzene rings is 1. The summed E-state index contributed by atoms with van der Waals surface area (Å²) in [5.74, 6) is 2.14. The first-order valence-electron chi connectivity index (χ1n) is 9.49. The predicted molar refractivity (Wildman–Crippen MR) is 108 cm³/mol. The lowest BCUT2D eigenvalue weighted by Crippen LogP contribution is -2.52. The fraction of sp³-hybridized carbons (Fsp3) is 0.400. The minimum absolute atomic E-state index is 0.0400. The summed E-state index contributed by atoms with van der Waals surface area (Å²) in [5, 5.41) is 9.88. The van der Waals surface area contributed by atoms with Gasteiger partial charge in [-0.3, -0.25) is 14.3 Å². The average molecular weight is 395 g/mol. The highest BCUT2D eigenvalue weighted by atomic mass is 32.2. The van der Waals surface area contributed by atoms with E-state index < -0.39 is 0 Å². The number of thioether (sulfide) groups is 1. The molecule has 5 rings (SSSR count). The number of nitrogens with zero attached hydrogens (tertiary/aromatic N) is 5. The van der Waals surface area contributed by atoms with Crippen molar-refractivity contribution in [3.05, 3.63) is 57.6 Å². The molecule has 4 heterocycles. The molecule has 1 fully saturated rings. The number of carbonyl (C=O) groups is 1. The third kappa shape index (κ3) is 2.92. The van der Waals surface area contributed by atoms with Gasteiger partial charge < -0.3 is 4.90 Å². The maximum atomic E-state index is 12.9. The first kappa shape index (κ1) is 17.5. The van der Waals surface area contributed by atoms with Crippen LogP contribution in [0.2, 0.25) is 0 Å². The fourth-order valence-corrected chi connectivity index (χ4v) is 4.95. The second kappa shape index (κ2) is 6.77. The molecule has 28 heavy (non-hydrogen) atoms. The van der Waals surface area contributed by atoms with E-state index in [-0.39, 0.29) is 17.4 Å². The van der Waals surface area contributed by atoms with Crippen LogP contribution in [0.25, 0.3) is 10.9 Å². The average Bonchev–Trinajstić information content (AvgIpc) is 3.01. The molecule has 2 aromatic heterocycles. The molecule has 2 aliphatic rings. The summed E-state index contributed by atoms with van der Waals surface area (Å²) in [6, 6.07) is 9.49. The van der Waals surface area contributed by atoms with Gasteiger partial charge in [-0.05, 0) is 17.4 Å². The smallest absolute Gasteiger partial charge is 0.275 e. The summed E-state index contributed by atoms with van der Waals surface area (Å²) >= 11 is 1.85. The molecule has 0 radical (unpaired) electrons. The van der Waals surface area contributed by atoms with Crippen molar-refractivity contribution in [3.8, 4) is 0 Å². The zero-order chi connectivity index (χ0) is 19.3. The minimum Gasteiger partial charge on any atom is -0.336 e. The highest BCUT2D eigenvalue weighted by Gasteiger charge is 2.34. The Morgan fingerprint density at radius 1 is 1.25 bits per heavy atom. The van der Waals surface area contributed by atoms with Crippen LogP contribution in [0.5, 0.6) is 0 Å². The van der Waals surface area contributed by atoms with Crippen LogP contribution in [-0.4, -0.2) is 49.2 Å². The zero-order valence-electron chi connectivity index (χ0n) is 15.7. The molecule has 0 aliphatic carbocycles. The first-order chi connectivity index (χ1) is 13.6. The van der Waals surface area contributed by atoms with E-state index >= 15 is 0 Å². The van der Waals surface area contributed by atoms with Crippen molar-refractivity contribution in [2.45, 2.75) is 18.7 Å². The Morgan fingerprint density at radius 3 is 2.93 bits per heavy atom. The second-order valence-corrected chi connectivity index (χ2v) is 8.61. The van der Waals surface area contributed by atoms with Gasteiger partial charge in [-0.15, -0.1) is 0 Å². The number of amides is 1. The first-order valence-corrected chi connectivity index (χ1v) is 10.6. The van der Waals surface area contributed by atoms with E-state index in [4.69, 9.17) is 0 Å². The molecule has 1 saturated heterocycles. The summed E-state index contributed by atoms with van der Waals surface area (Å²) in [6.45, 7) is 1.82. The Morgan fingerprint density at radius 2 is 2.07 bits per heavy atom. The Bertz CT molecular complexity index is 1130. The lowest BCUT2D eigenvalue weighted by atomic mass is 9.99. The molecule has 8 heteroatoms. The van der Waals surface area contributed by atoms with Crippen LogP contribution in [0.3, 0.4) is 0 Å². The topological polar surface area (TPSA) is 73.0 Å². The summed E-state index contributed by atoms with van der Waals surface area (Å²) in [6.07, 6.45) is 0.919. The molecule has 1 amide bonds. The van der Waals surface area contributed by atoms with Gasteiger partial charge in [0.2, 0.25) is 0 Å². The van der Waals surface area contributed by atoms with E-state index in [2.05, 4.69) is 10.2 Å². The van der Waals surface area contributed by atoms with E-state index in [1.165, 1.54) is 0 Å². The fourth-order valence-electron chi connectivity index (χ4n) is 4.00. The van der Waals surface area contributed by atoms with Gasteiger partial charge in [-0.2, -0.15) is 22.0 Å². The maximum Gasteiger partial charge on any atom is 0.275 e. The van der Waals surface area contributed by atoms with Gasteiger partial charge in [-0.25, -0.2) is 4.68 Å². The van der Waals surface area contributed by atoms with Crippen molar-refractivity contribution in [2.24, 2.45) is 13.0 Å². The van der Waals surface area contributed by atoms with Crippen LogP contribution >= 0.6 is 11.8 Å². The molecule has 2 aliphatic heterocycles. The summed E-state index contributed by atoms with van der Waals surface area (Å²) < 4.78 is 3.33. The number of hydrogen-bond acceptors (Lipinski definition) is 5. The quantitative estimate of drug-likeness (QED) is 0.675. The van der Waals surface area contributed by atoms with E-state index in [1.807, 2.05) is 43.1 Å². The molecule has 144 valence electrons. The van der Waals surface area contributed by atoms with Crippen LogP contribution in [0, 0.1) is 5.92 Å². The van der Waals surface area contributed by atoms with Crippen LogP contribution in [0.15, 0.2) is 35.1 Å². The van der Waals surface area contributed by atoms with Crippen LogP contribution in [0.4, 0.5) is 0 Å².